The van der Waals surface area contributed by atoms with E-state index in [1.807, 2.05) is 12.1 Å². The van der Waals surface area contributed by atoms with Gasteiger partial charge in [-0.1, -0.05) is 23.7 Å². The first-order valence-electron chi connectivity index (χ1n) is 5.14. The van der Waals surface area contributed by atoms with Gasteiger partial charge in [0.2, 0.25) is 0 Å². The summed E-state index contributed by atoms with van der Waals surface area (Å²) >= 11 is 6.15. The number of hydrogen-bond donors (Lipinski definition) is 1. The largest absolute Gasteiger partial charge is 1.00 e. The van der Waals surface area contributed by atoms with E-state index in [0.29, 0.717) is 0 Å². The molecular formula is C11H12Cl2N3-. The summed E-state index contributed by atoms with van der Waals surface area (Å²) in [6.45, 7) is 3.63. The topological polar surface area (TPSA) is 27.6 Å². The van der Waals surface area contributed by atoms with Crippen molar-refractivity contribution in [2.45, 2.75) is 13.1 Å². The summed E-state index contributed by atoms with van der Waals surface area (Å²) in [6.07, 6.45) is 0. The number of halogens is 2. The van der Waals surface area contributed by atoms with Crippen LogP contribution in [-0.2, 0) is 13.1 Å². The first-order valence-corrected chi connectivity index (χ1v) is 5.52. The van der Waals surface area contributed by atoms with Crippen molar-refractivity contribution in [3.8, 4) is 0 Å². The van der Waals surface area contributed by atoms with E-state index < -0.39 is 0 Å². The molecule has 0 saturated carbocycles. The van der Waals surface area contributed by atoms with Crippen molar-refractivity contribution in [3.63, 3.8) is 0 Å². The summed E-state index contributed by atoms with van der Waals surface area (Å²) in [5.74, 6) is 1.02. The van der Waals surface area contributed by atoms with E-state index in [0.717, 1.165) is 37.2 Å². The zero-order valence-electron chi connectivity index (χ0n) is 8.71. The summed E-state index contributed by atoms with van der Waals surface area (Å²) in [5.41, 5.74) is 2.56. The van der Waals surface area contributed by atoms with Crippen LogP contribution in [0, 0.1) is 0 Å². The molecule has 1 aromatic rings. The molecule has 3 rings (SSSR count). The fourth-order valence-electron chi connectivity index (χ4n) is 2.13. The van der Waals surface area contributed by atoms with Gasteiger partial charge in [-0.05, 0) is 17.2 Å². The van der Waals surface area contributed by atoms with Crippen molar-refractivity contribution in [1.82, 2.24) is 10.2 Å². The molecule has 1 aromatic carbocycles. The summed E-state index contributed by atoms with van der Waals surface area (Å²) in [7, 11) is 0. The van der Waals surface area contributed by atoms with Crippen LogP contribution >= 0.6 is 11.6 Å². The molecule has 0 aromatic heterocycles. The molecule has 0 bridgehead atoms. The Kier molecular flexibility index (Phi) is 3.26. The van der Waals surface area contributed by atoms with Crippen LogP contribution in [-0.4, -0.2) is 23.9 Å². The first kappa shape index (κ1) is 11.6. The SMILES string of the molecule is Clc1cccc2c1CN(C1=NCCN1)C2.[Cl-]. The summed E-state index contributed by atoms with van der Waals surface area (Å²) in [4.78, 5) is 6.66. The molecule has 0 amide bonds. The van der Waals surface area contributed by atoms with Gasteiger partial charge in [0.1, 0.15) is 0 Å². The third-order valence-corrected chi connectivity index (χ3v) is 3.24. The fourth-order valence-corrected chi connectivity index (χ4v) is 2.38. The number of benzene rings is 1. The molecule has 0 fully saturated rings. The van der Waals surface area contributed by atoms with Crippen molar-refractivity contribution in [3.05, 3.63) is 34.3 Å². The monoisotopic (exact) mass is 256 g/mol. The molecule has 0 spiro atoms. The highest BCUT2D eigenvalue weighted by molar-refractivity contribution is 6.31. The smallest absolute Gasteiger partial charge is 0.194 e. The van der Waals surface area contributed by atoms with Crippen molar-refractivity contribution in [2.24, 2.45) is 4.99 Å². The average Bonchev–Trinajstić information content (AvgIpc) is 2.86. The lowest BCUT2D eigenvalue weighted by Gasteiger charge is -2.16. The van der Waals surface area contributed by atoms with Crippen molar-refractivity contribution in [2.75, 3.05) is 13.1 Å². The summed E-state index contributed by atoms with van der Waals surface area (Å²) in [6, 6.07) is 6.10. The quantitative estimate of drug-likeness (QED) is 0.620. The minimum absolute atomic E-state index is 0. The first-order chi connectivity index (χ1) is 7.34. The van der Waals surface area contributed by atoms with Gasteiger partial charge in [-0.3, -0.25) is 4.99 Å². The van der Waals surface area contributed by atoms with Gasteiger partial charge in [0.25, 0.3) is 0 Å². The number of hydrogen-bond acceptors (Lipinski definition) is 3. The molecule has 3 nitrogen and oxygen atoms in total. The number of rotatable bonds is 0. The van der Waals surface area contributed by atoms with E-state index in [1.54, 1.807) is 0 Å². The van der Waals surface area contributed by atoms with Crippen LogP contribution in [0.15, 0.2) is 23.2 Å². The molecule has 0 radical (unpaired) electrons. The molecule has 2 aliphatic heterocycles. The number of nitrogens with one attached hydrogen (secondary N) is 1. The lowest BCUT2D eigenvalue weighted by Crippen LogP contribution is -3.00. The maximum absolute atomic E-state index is 6.15. The van der Waals surface area contributed by atoms with E-state index in [2.05, 4.69) is 21.3 Å². The van der Waals surface area contributed by atoms with Crippen molar-refractivity contribution >= 4 is 17.6 Å². The normalized spacial score (nSPS) is 17.6. The van der Waals surface area contributed by atoms with Gasteiger partial charge >= 0.3 is 0 Å². The maximum Gasteiger partial charge on any atom is 0.194 e. The fraction of sp³-hybridized carbons (Fsp3) is 0.364. The lowest BCUT2D eigenvalue weighted by molar-refractivity contribution is -0.00000302. The Labute approximate surface area is 106 Å². The van der Waals surface area contributed by atoms with E-state index >= 15 is 0 Å². The highest BCUT2D eigenvalue weighted by atomic mass is 35.5. The van der Waals surface area contributed by atoms with E-state index in [9.17, 15) is 0 Å². The summed E-state index contributed by atoms with van der Waals surface area (Å²) in [5, 5.41) is 4.15. The number of aliphatic imine (C=N–C) groups is 1. The number of nitrogens with zero attached hydrogens (tertiary/aromatic N) is 2. The van der Waals surface area contributed by atoms with E-state index in [4.69, 9.17) is 11.6 Å². The minimum atomic E-state index is 0. The molecule has 1 N–H and O–H groups in total. The highest BCUT2D eigenvalue weighted by Crippen LogP contribution is 2.29. The third kappa shape index (κ3) is 1.85. The predicted octanol–water partition coefficient (Wildman–Crippen LogP) is -1.38. The Hall–Kier alpha value is -0.930. The Morgan fingerprint density at radius 3 is 2.88 bits per heavy atom. The molecule has 16 heavy (non-hydrogen) atoms. The molecule has 2 aliphatic rings. The average molecular weight is 257 g/mol. The molecule has 86 valence electrons. The second-order valence-electron chi connectivity index (χ2n) is 3.87. The second-order valence-corrected chi connectivity index (χ2v) is 4.27. The van der Waals surface area contributed by atoms with Crippen LogP contribution in [0.25, 0.3) is 0 Å². The van der Waals surface area contributed by atoms with E-state index in [-0.39, 0.29) is 12.4 Å². The third-order valence-electron chi connectivity index (χ3n) is 2.88. The van der Waals surface area contributed by atoms with Crippen LogP contribution in [0.1, 0.15) is 11.1 Å². The lowest BCUT2D eigenvalue weighted by atomic mass is 10.1. The van der Waals surface area contributed by atoms with Crippen LogP contribution in [0.2, 0.25) is 5.02 Å². The van der Waals surface area contributed by atoms with Crippen LogP contribution in [0.3, 0.4) is 0 Å². The molecule has 0 aliphatic carbocycles. The highest BCUT2D eigenvalue weighted by Gasteiger charge is 2.24. The second kappa shape index (κ2) is 4.52. The zero-order valence-corrected chi connectivity index (χ0v) is 10.2. The molecule has 0 unspecified atom stereocenters. The van der Waals surface area contributed by atoms with Gasteiger partial charge in [-0.15, -0.1) is 0 Å². The molecule has 0 saturated heterocycles. The van der Waals surface area contributed by atoms with Gasteiger partial charge in [0.05, 0.1) is 6.54 Å². The number of fused-ring (bicyclic) bond motifs is 1. The summed E-state index contributed by atoms with van der Waals surface area (Å²) < 4.78 is 0. The maximum atomic E-state index is 6.15. The van der Waals surface area contributed by atoms with Crippen LogP contribution in [0.5, 0.6) is 0 Å². The zero-order chi connectivity index (χ0) is 10.3. The Morgan fingerprint density at radius 2 is 2.19 bits per heavy atom. The standard InChI is InChI=1S/C11H12ClN3.ClH/c12-10-3-1-2-8-6-15(7-9(8)10)11-13-4-5-14-11;/h1-3H,4-7H2,(H,13,14);1H/p-1. The number of guanidine groups is 1. The molecule has 0 atom stereocenters. The Balaban J connectivity index is 0.000000963. The Bertz CT molecular complexity index is 431. The van der Waals surface area contributed by atoms with Gasteiger partial charge < -0.3 is 22.6 Å². The molecule has 5 heteroatoms. The van der Waals surface area contributed by atoms with Gasteiger partial charge in [-0.2, -0.15) is 0 Å². The van der Waals surface area contributed by atoms with Crippen LogP contribution < -0.4 is 17.7 Å². The predicted molar refractivity (Wildman–Crippen MR) is 61.0 cm³/mol. The molecule has 2 heterocycles. The van der Waals surface area contributed by atoms with Crippen LogP contribution in [0.4, 0.5) is 0 Å². The van der Waals surface area contributed by atoms with Gasteiger partial charge in [-0.25, -0.2) is 0 Å². The van der Waals surface area contributed by atoms with Crippen molar-refractivity contribution < 1.29 is 12.4 Å². The Morgan fingerprint density at radius 1 is 1.31 bits per heavy atom. The molecular weight excluding hydrogens is 245 g/mol. The van der Waals surface area contributed by atoms with Gasteiger partial charge in [0.15, 0.2) is 5.96 Å². The minimum Gasteiger partial charge on any atom is -1.00 e. The van der Waals surface area contributed by atoms with E-state index in [1.165, 1.54) is 11.1 Å². The van der Waals surface area contributed by atoms with Crippen molar-refractivity contribution in [1.29, 1.82) is 0 Å². The van der Waals surface area contributed by atoms with Gasteiger partial charge in [0, 0.05) is 24.7 Å².